The van der Waals surface area contributed by atoms with Crippen LogP contribution in [0.3, 0.4) is 0 Å². The monoisotopic (exact) mass is 309 g/mol. The summed E-state index contributed by atoms with van der Waals surface area (Å²) in [5.41, 5.74) is 10.2. The molecular weight excluding hydrogens is 297 g/mol. The zero-order chi connectivity index (χ0) is 14.7. The summed E-state index contributed by atoms with van der Waals surface area (Å²) < 4.78 is 5.85. The predicted octanol–water partition coefficient (Wildman–Crippen LogP) is 3.69. The quantitative estimate of drug-likeness (QED) is 0.631. The van der Waals surface area contributed by atoms with Crippen molar-refractivity contribution in [2.75, 3.05) is 14.1 Å². The standard InChI is InChI=1S/C14H13Cl2N3O/c1-19(2)13-7-11(16)12(18-17)8-14(13)20-10-5-3-9(15)4-6-10/h3-7H,8H2,1-2H3. The van der Waals surface area contributed by atoms with Crippen LogP contribution in [0.2, 0.25) is 5.02 Å². The second kappa shape index (κ2) is 6.14. The molecule has 1 aromatic rings. The molecule has 4 nitrogen and oxygen atoms in total. The minimum absolute atomic E-state index is 0.321. The Kier molecular flexibility index (Phi) is 4.50. The van der Waals surface area contributed by atoms with Gasteiger partial charge >= 0.3 is 5.71 Å². The first-order chi connectivity index (χ1) is 9.51. The molecule has 0 radical (unpaired) electrons. The Morgan fingerprint density at radius 3 is 2.40 bits per heavy atom. The zero-order valence-corrected chi connectivity index (χ0v) is 12.6. The van der Waals surface area contributed by atoms with E-state index in [-0.39, 0.29) is 0 Å². The van der Waals surface area contributed by atoms with Gasteiger partial charge in [-0.2, -0.15) is 4.79 Å². The highest BCUT2D eigenvalue weighted by Gasteiger charge is 2.26. The van der Waals surface area contributed by atoms with Gasteiger partial charge in [0.1, 0.15) is 23.0 Å². The molecule has 0 aromatic heterocycles. The summed E-state index contributed by atoms with van der Waals surface area (Å²) in [6.45, 7) is 0. The molecule has 0 unspecified atom stereocenters. The zero-order valence-electron chi connectivity index (χ0n) is 11.1. The van der Waals surface area contributed by atoms with Crippen molar-refractivity contribution in [3.05, 3.63) is 57.4 Å². The first-order valence-corrected chi connectivity index (χ1v) is 6.69. The average Bonchev–Trinajstić information content (AvgIpc) is 2.42. The van der Waals surface area contributed by atoms with Crippen LogP contribution in [0.5, 0.6) is 5.75 Å². The highest BCUT2D eigenvalue weighted by Crippen LogP contribution is 2.28. The molecule has 0 aliphatic heterocycles. The molecule has 6 heteroatoms. The summed E-state index contributed by atoms with van der Waals surface area (Å²) in [7, 11) is 3.78. The van der Waals surface area contributed by atoms with Crippen LogP contribution in [0.15, 0.2) is 46.8 Å². The fraction of sp³-hybridized carbons (Fsp3) is 0.214. The Balaban J connectivity index is 2.36. The van der Waals surface area contributed by atoms with Gasteiger partial charge in [-0.05, 0) is 30.3 Å². The first-order valence-electron chi connectivity index (χ1n) is 5.93. The van der Waals surface area contributed by atoms with Crippen molar-refractivity contribution in [3.8, 4) is 5.75 Å². The van der Waals surface area contributed by atoms with Crippen LogP contribution in [0, 0.1) is 0 Å². The van der Waals surface area contributed by atoms with Crippen molar-refractivity contribution >= 4 is 28.9 Å². The predicted molar refractivity (Wildman–Crippen MR) is 80.0 cm³/mol. The highest BCUT2D eigenvalue weighted by molar-refractivity contribution is 6.43. The van der Waals surface area contributed by atoms with Gasteiger partial charge < -0.3 is 15.2 Å². The Labute approximate surface area is 127 Å². The molecule has 0 saturated carbocycles. The van der Waals surface area contributed by atoms with Crippen LogP contribution in [0.4, 0.5) is 0 Å². The van der Waals surface area contributed by atoms with Gasteiger partial charge in [-0.1, -0.05) is 23.2 Å². The van der Waals surface area contributed by atoms with E-state index in [1.54, 1.807) is 30.3 Å². The van der Waals surface area contributed by atoms with Crippen LogP contribution in [0.25, 0.3) is 5.53 Å². The highest BCUT2D eigenvalue weighted by atomic mass is 35.5. The fourth-order valence-corrected chi connectivity index (χ4v) is 2.14. The molecule has 0 fully saturated rings. The van der Waals surface area contributed by atoms with Crippen LogP contribution >= 0.6 is 23.2 Å². The van der Waals surface area contributed by atoms with Crippen molar-refractivity contribution in [2.45, 2.75) is 6.42 Å². The number of benzene rings is 1. The number of hydrogen-bond acceptors (Lipinski definition) is 2. The summed E-state index contributed by atoms with van der Waals surface area (Å²) in [6, 6.07) is 7.05. The minimum Gasteiger partial charge on any atom is -0.459 e. The van der Waals surface area contributed by atoms with E-state index in [1.165, 1.54) is 0 Å². The van der Waals surface area contributed by atoms with Crippen molar-refractivity contribution in [2.24, 2.45) is 0 Å². The normalized spacial score (nSPS) is 14.8. The van der Waals surface area contributed by atoms with Gasteiger partial charge in [0.05, 0.1) is 5.70 Å². The Morgan fingerprint density at radius 2 is 1.85 bits per heavy atom. The van der Waals surface area contributed by atoms with Crippen molar-refractivity contribution < 1.29 is 9.53 Å². The molecule has 0 saturated heterocycles. The third-order valence-electron chi connectivity index (χ3n) is 2.81. The number of allylic oxidation sites excluding steroid dienone is 3. The lowest BCUT2D eigenvalue weighted by atomic mass is 10.1. The lowest BCUT2D eigenvalue weighted by Gasteiger charge is -2.21. The van der Waals surface area contributed by atoms with Crippen LogP contribution in [0.1, 0.15) is 6.42 Å². The average molecular weight is 310 g/mol. The van der Waals surface area contributed by atoms with E-state index in [4.69, 9.17) is 33.5 Å². The summed E-state index contributed by atoms with van der Waals surface area (Å²) in [5.74, 6) is 1.32. The maximum absolute atomic E-state index is 8.96. The molecule has 1 aliphatic rings. The number of nitrogens with zero attached hydrogens (tertiary/aromatic N) is 3. The lowest BCUT2D eigenvalue weighted by Crippen LogP contribution is -2.21. The van der Waals surface area contributed by atoms with E-state index in [2.05, 4.69) is 4.79 Å². The number of ether oxygens (including phenoxy) is 1. The lowest BCUT2D eigenvalue weighted by molar-refractivity contribution is -0.00679. The number of halogens is 2. The van der Waals surface area contributed by atoms with Gasteiger partial charge in [0, 0.05) is 19.1 Å². The molecule has 1 aromatic carbocycles. The molecule has 0 bridgehead atoms. The maximum atomic E-state index is 8.96. The van der Waals surface area contributed by atoms with E-state index in [9.17, 15) is 0 Å². The van der Waals surface area contributed by atoms with Gasteiger partial charge in [-0.3, -0.25) is 0 Å². The summed E-state index contributed by atoms with van der Waals surface area (Å²) in [6.07, 6.45) is 2.04. The van der Waals surface area contributed by atoms with E-state index in [0.29, 0.717) is 33.7 Å². The maximum Gasteiger partial charge on any atom is 0.318 e. The Morgan fingerprint density at radius 1 is 1.20 bits per heavy atom. The topological polar surface area (TPSA) is 48.9 Å². The van der Waals surface area contributed by atoms with E-state index in [1.807, 2.05) is 19.0 Å². The third-order valence-corrected chi connectivity index (χ3v) is 3.39. The molecule has 0 atom stereocenters. The van der Waals surface area contributed by atoms with Gasteiger partial charge in [0.25, 0.3) is 0 Å². The summed E-state index contributed by atoms with van der Waals surface area (Å²) >= 11 is 11.9. The molecule has 2 rings (SSSR count). The van der Waals surface area contributed by atoms with Gasteiger partial charge in [-0.15, -0.1) is 0 Å². The second-order valence-electron chi connectivity index (χ2n) is 4.47. The number of likely N-dealkylation sites (N-methyl/N-ethyl adjacent to an activating group) is 1. The molecule has 0 spiro atoms. The van der Waals surface area contributed by atoms with Crippen molar-refractivity contribution in [3.63, 3.8) is 0 Å². The molecule has 0 N–H and O–H groups in total. The van der Waals surface area contributed by atoms with Gasteiger partial charge in [0.2, 0.25) is 0 Å². The molecule has 0 amide bonds. The largest absolute Gasteiger partial charge is 0.459 e. The number of hydrogen-bond donors (Lipinski definition) is 0. The molecule has 20 heavy (non-hydrogen) atoms. The van der Waals surface area contributed by atoms with Gasteiger partial charge in [0.15, 0.2) is 0 Å². The third kappa shape index (κ3) is 3.23. The smallest absolute Gasteiger partial charge is 0.318 e. The molecule has 104 valence electrons. The Hall–Kier alpha value is -1.74. The van der Waals surface area contributed by atoms with Crippen LogP contribution in [-0.4, -0.2) is 29.5 Å². The molecule has 1 aliphatic carbocycles. The van der Waals surface area contributed by atoms with Crippen molar-refractivity contribution in [1.82, 2.24) is 4.90 Å². The minimum atomic E-state index is 0.321. The van der Waals surface area contributed by atoms with Gasteiger partial charge in [-0.25, -0.2) is 0 Å². The van der Waals surface area contributed by atoms with Crippen LogP contribution < -0.4 is 4.74 Å². The Bertz CT molecular complexity index is 626. The number of rotatable bonds is 3. The SMILES string of the molecule is CN(C)C1=C(Oc2ccc(Cl)cc2)CC(=[N+]=[N-])C(Cl)=C1. The molecular formula is C14H13Cl2N3O. The van der Waals surface area contributed by atoms with E-state index < -0.39 is 0 Å². The van der Waals surface area contributed by atoms with E-state index in [0.717, 1.165) is 5.70 Å². The summed E-state index contributed by atoms with van der Waals surface area (Å²) in [4.78, 5) is 5.08. The van der Waals surface area contributed by atoms with E-state index >= 15 is 0 Å². The molecule has 0 heterocycles. The second-order valence-corrected chi connectivity index (χ2v) is 5.32. The first kappa shape index (κ1) is 14.7. The summed E-state index contributed by atoms with van der Waals surface area (Å²) in [5, 5.41) is 1.04. The van der Waals surface area contributed by atoms with Crippen molar-refractivity contribution in [1.29, 1.82) is 0 Å². The fourth-order valence-electron chi connectivity index (χ4n) is 1.81. The van der Waals surface area contributed by atoms with Crippen LogP contribution in [-0.2, 0) is 0 Å².